The minimum atomic E-state index is -0.0630. The number of thioether (sulfide) groups is 1. The van der Waals surface area contributed by atoms with Gasteiger partial charge in [-0.05, 0) is 30.7 Å². The number of hydrogen-bond acceptors (Lipinski definition) is 5. The quantitative estimate of drug-likeness (QED) is 0.789. The molecule has 0 aliphatic carbocycles. The smallest absolute Gasteiger partial charge is 0.225 e. The molecule has 0 fully saturated rings. The van der Waals surface area contributed by atoms with Gasteiger partial charge in [-0.1, -0.05) is 13.3 Å². The number of hydrogen-bond donors (Lipinski definition) is 1. The fourth-order valence-corrected chi connectivity index (χ4v) is 2.90. The summed E-state index contributed by atoms with van der Waals surface area (Å²) in [5.74, 6) is 0.515. The molecular formula is C17H18N4OS. The van der Waals surface area contributed by atoms with Crippen molar-refractivity contribution in [2.75, 3.05) is 11.1 Å². The maximum absolute atomic E-state index is 11.9. The first-order chi connectivity index (χ1) is 11.2. The first-order valence-electron chi connectivity index (χ1n) is 7.45. The van der Waals surface area contributed by atoms with Crippen molar-refractivity contribution in [3.8, 4) is 6.07 Å². The number of aromatic nitrogens is 2. The van der Waals surface area contributed by atoms with Gasteiger partial charge in [0, 0.05) is 35.9 Å². The van der Waals surface area contributed by atoms with Crippen LogP contribution in [0.2, 0.25) is 0 Å². The first-order valence-corrected chi connectivity index (χ1v) is 8.44. The van der Waals surface area contributed by atoms with Crippen LogP contribution in [-0.2, 0) is 11.2 Å². The fraction of sp³-hybridized carbons (Fsp3) is 0.294. The van der Waals surface area contributed by atoms with E-state index in [-0.39, 0.29) is 5.91 Å². The molecule has 2 aromatic heterocycles. The third-order valence-electron chi connectivity index (χ3n) is 3.08. The molecule has 2 heterocycles. The normalized spacial score (nSPS) is 10.1. The van der Waals surface area contributed by atoms with Crippen LogP contribution < -0.4 is 5.32 Å². The number of carbonyl (C=O) groups excluding carboxylic acids is 1. The highest BCUT2D eigenvalue weighted by atomic mass is 32.2. The molecule has 2 aromatic rings. The second kappa shape index (κ2) is 8.91. The average Bonchev–Trinajstić information content (AvgIpc) is 2.56. The Morgan fingerprint density at radius 3 is 2.78 bits per heavy atom. The molecule has 0 saturated carbocycles. The van der Waals surface area contributed by atoms with E-state index in [4.69, 9.17) is 5.26 Å². The Bertz CT molecular complexity index is 697. The van der Waals surface area contributed by atoms with E-state index in [1.807, 2.05) is 6.07 Å². The number of amides is 1. The van der Waals surface area contributed by atoms with Crippen LogP contribution in [0.1, 0.15) is 31.0 Å². The molecule has 1 amide bonds. The Morgan fingerprint density at radius 2 is 2.09 bits per heavy atom. The zero-order chi connectivity index (χ0) is 16.5. The molecule has 23 heavy (non-hydrogen) atoms. The van der Waals surface area contributed by atoms with E-state index < -0.39 is 0 Å². The van der Waals surface area contributed by atoms with E-state index in [0.717, 1.165) is 24.2 Å². The minimum Gasteiger partial charge on any atom is -0.326 e. The van der Waals surface area contributed by atoms with Crippen LogP contribution in [-0.4, -0.2) is 21.6 Å². The second-order valence-corrected chi connectivity index (χ2v) is 5.98. The van der Waals surface area contributed by atoms with Gasteiger partial charge in [0.05, 0.1) is 5.56 Å². The molecule has 118 valence electrons. The van der Waals surface area contributed by atoms with Gasteiger partial charge in [-0.25, -0.2) is 4.98 Å². The fourth-order valence-electron chi connectivity index (χ4n) is 1.97. The van der Waals surface area contributed by atoms with Crippen LogP contribution in [0, 0.1) is 11.3 Å². The summed E-state index contributed by atoms with van der Waals surface area (Å²) in [7, 11) is 0. The molecule has 5 nitrogen and oxygen atoms in total. The van der Waals surface area contributed by atoms with E-state index in [9.17, 15) is 4.79 Å². The number of aryl methyl sites for hydroxylation is 1. The number of nitriles is 1. The molecule has 0 saturated heterocycles. The highest BCUT2D eigenvalue weighted by Gasteiger charge is 2.08. The van der Waals surface area contributed by atoms with Crippen molar-refractivity contribution in [1.29, 1.82) is 5.26 Å². The van der Waals surface area contributed by atoms with Crippen molar-refractivity contribution in [2.24, 2.45) is 0 Å². The van der Waals surface area contributed by atoms with Gasteiger partial charge >= 0.3 is 0 Å². The monoisotopic (exact) mass is 326 g/mol. The summed E-state index contributed by atoms with van der Waals surface area (Å²) in [6, 6.07) is 9.34. The maximum Gasteiger partial charge on any atom is 0.225 e. The van der Waals surface area contributed by atoms with E-state index in [1.165, 1.54) is 11.8 Å². The summed E-state index contributed by atoms with van der Waals surface area (Å²) < 4.78 is 0. The summed E-state index contributed by atoms with van der Waals surface area (Å²) in [6.07, 6.45) is 5.52. The number of anilines is 1. The molecule has 1 N–H and O–H groups in total. The third-order valence-corrected chi connectivity index (χ3v) is 4.07. The lowest BCUT2D eigenvalue weighted by Gasteiger charge is -2.07. The molecule has 0 unspecified atom stereocenters. The Morgan fingerprint density at radius 1 is 1.30 bits per heavy atom. The van der Waals surface area contributed by atoms with Crippen LogP contribution in [0.3, 0.4) is 0 Å². The number of carbonyl (C=O) groups is 1. The van der Waals surface area contributed by atoms with Gasteiger partial charge in [0.25, 0.3) is 0 Å². The lowest BCUT2D eigenvalue weighted by molar-refractivity contribution is -0.115. The molecule has 2 rings (SSSR count). The van der Waals surface area contributed by atoms with Gasteiger partial charge in [0.15, 0.2) is 0 Å². The summed E-state index contributed by atoms with van der Waals surface area (Å²) in [6.45, 7) is 2.09. The number of nitrogens with one attached hydrogen (secondary N) is 1. The van der Waals surface area contributed by atoms with Crippen molar-refractivity contribution in [3.63, 3.8) is 0 Å². The number of rotatable bonds is 7. The molecule has 0 bridgehead atoms. The minimum absolute atomic E-state index is 0.0630. The predicted molar refractivity (Wildman–Crippen MR) is 91.2 cm³/mol. The van der Waals surface area contributed by atoms with E-state index >= 15 is 0 Å². The van der Waals surface area contributed by atoms with Crippen LogP contribution in [0.15, 0.2) is 41.7 Å². The van der Waals surface area contributed by atoms with Crippen molar-refractivity contribution < 1.29 is 4.79 Å². The number of pyridine rings is 2. The third kappa shape index (κ3) is 5.38. The van der Waals surface area contributed by atoms with Crippen LogP contribution in [0.5, 0.6) is 0 Å². The topological polar surface area (TPSA) is 78.7 Å². The van der Waals surface area contributed by atoms with E-state index in [0.29, 0.717) is 22.8 Å². The lowest BCUT2D eigenvalue weighted by Crippen LogP contribution is -2.12. The lowest BCUT2D eigenvalue weighted by atomic mass is 10.2. The average molecular weight is 326 g/mol. The largest absolute Gasteiger partial charge is 0.326 e. The Balaban J connectivity index is 1.89. The van der Waals surface area contributed by atoms with Gasteiger partial charge in [0.1, 0.15) is 11.1 Å². The molecule has 0 aliphatic rings. The molecule has 0 radical (unpaired) electrons. The zero-order valence-electron chi connectivity index (χ0n) is 13.0. The molecular weight excluding hydrogens is 308 g/mol. The van der Waals surface area contributed by atoms with Gasteiger partial charge in [0.2, 0.25) is 5.91 Å². The summed E-state index contributed by atoms with van der Waals surface area (Å²) in [5.41, 5.74) is 2.27. The summed E-state index contributed by atoms with van der Waals surface area (Å²) in [4.78, 5) is 20.3. The van der Waals surface area contributed by atoms with Crippen LogP contribution >= 0.6 is 11.8 Å². The molecule has 0 aliphatic heterocycles. The molecule has 0 aromatic carbocycles. The molecule has 0 spiro atoms. The van der Waals surface area contributed by atoms with Crippen LogP contribution in [0.4, 0.5) is 5.69 Å². The van der Waals surface area contributed by atoms with Gasteiger partial charge in [-0.3, -0.25) is 9.78 Å². The highest BCUT2D eigenvalue weighted by molar-refractivity contribution is 7.99. The number of nitrogens with zero attached hydrogens (tertiary/aromatic N) is 3. The standard InChI is InChI=1S/C17H18N4OS/c1-2-3-14-5-4-13(12-18)17(21-14)23-11-8-16(22)20-15-6-9-19-10-7-15/h4-7,9-10H,2-3,8,11H2,1H3,(H,19,20,22). The highest BCUT2D eigenvalue weighted by Crippen LogP contribution is 2.22. The van der Waals surface area contributed by atoms with Gasteiger partial charge < -0.3 is 5.32 Å². The molecule has 0 atom stereocenters. The van der Waals surface area contributed by atoms with Crippen molar-refractivity contribution >= 4 is 23.4 Å². The van der Waals surface area contributed by atoms with Crippen LogP contribution in [0.25, 0.3) is 0 Å². The van der Waals surface area contributed by atoms with Crippen molar-refractivity contribution in [1.82, 2.24) is 9.97 Å². The molecule has 6 heteroatoms. The Kier molecular flexibility index (Phi) is 6.57. The van der Waals surface area contributed by atoms with E-state index in [1.54, 1.807) is 30.6 Å². The van der Waals surface area contributed by atoms with Crippen molar-refractivity contribution in [3.05, 3.63) is 47.9 Å². The Labute approximate surface area is 140 Å². The van der Waals surface area contributed by atoms with Gasteiger partial charge in [-0.2, -0.15) is 5.26 Å². The van der Waals surface area contributed by atoms with E-state index in [2.05, 4.69) is 28.3 Å². The SMILES string of the molecule is CCCc1ccc(C#N)c(SCCC(=O)Nc2ccncc2)n1. The van der Waals surface area contributed by atoms with Crippen molar-refractivity contribution in [2.45, 2.75) is 31.2 Å². The second-order valence-electron chi connectivity index (χ2n) is 4.90. The Hall–Kier alpha value is -2.39. The van der Waals surface area contributed by atoms with Gasteiger partial charge in [-0.15, -0.1) is 11.8 Å². The summed E-state index contributed by atoms with van der Waals surface area (Å²) >= 11 is 1.44. The maximum atomic E-state index is 11.9. The summed E-state index contributed by atoms with van der Waals surface area (Å²) in [5, 5.41) is 12.7. The first kappa shape index (κ1) is 17.0. The zero-order valence-corrected chi connectivity index (χ0v) is 13.8. The predicted octanol–water partition coefficient (Wildman–Crippen LogP) is 3.42.